The van der Waals surface area contributed by atoms with E-state index >= 15 is 0 Å². The van der Waals surface area contributed by atoms with Gasteiger partial charge in [0, 0.05) is 0 Å². The maximum atomic E-state index is 11.5. The number of alkyl halides is 2. The lowest BCUT2D eigenvalue weighted by atomic mass is 10.1. The Morgan fingerprint density at radius 1 is 1.28 bits per heavy atom. The minimum absolute atomic E-state index is 0.194. The minimum Gasteiger partial charge on any atom is -0.458 e. The molecule has 1 atom stereocenters. The summed E-state index contributed by atoms with van der Waals surface area (Å²) in [7, 11) is -2.59. The average Bonchev–Trinajstić information content (AvgIpc) is 2.11. The zero-order chi connectivity index (χ0) is 14.9. The molecule has 0 aromatic rings. The van der Waals surface area contributed by atoms with Crippen LogP contribution in [0.4, 0.5) is 0 Å². The molecular weight excluding hydrogens is 301 g/mol. The van der Waals surface area contributed by atoms with Crippen LogP contribution in [0.1, 0.15) is 34.6 Å². The highest BCUT2D eigenvalue weighted by Gasteiger charge is 2.27. The fourth-order valence-electron chi connectivity index (χ4n) is 0.892. The number of carbonyl (C=O) groups excluding carboxylic acids is 1. The summed E-state index contributed by atoms with van der Waals surface area (Å²) < 4.78 is 29.2. The molecule has 18 heavy (non-hydrogen) atoms. The third kappa shape index (κ3) is 12.1. The van der Waals surface area contributed by atoms with Crippen LogP contribution in [0.2, 0.25) is 0 Å². The molecule has 8 heteroatoms. The Labute approximate surface area is 120 Å². The lowest BCUT2D eigenvalue weighted by Crippen LogP contribution is -2.33. The summed E-state index contributed by atoms with van der Waals surface area (Å²) in [5.74, 6) is -0.820. The molecule has 0 aromatic heterocycles. The molecule has 0 aromatic carbocycles. The summed E-state index contributed by atoms with van der Waals surface area (Å²) in [6.07, 6.45) is 0. The van der Waals surface area contributed by atoms with E-state index in [2.05, 4.69) is 4.36 Å². The Hall–Kier alpha value is -0.330. The molecule has 0 saturated carbocycles. The van der Waals surface area contributed by atoms with Crippen molar-refractivity contribution in [3.63, 3.8) is 0 Å². The third-order valence-electron chi connectivity index (χ3n) is 1.48. The van der Waals surface area contributed by atoms with Crippen LogP contribution >= 0.6 is 23.2 Å². The van der Waals surface area contributed by atoms with E-state index in [4.69, 9.17) is 27.9 Å². The van der Waals surface area contributed by atoms with E-state index in [9.17, 15) is 13.2 Å². The number of carbonyl (C=O) groups is 1. The van der Waals surface area contributed by atoms with Gasteiger partial charge in [0.1, 0.15) is 5.60 Å². The van der Waals surface area contributed by atoms with Crippen LogP contribution in [0.3, 0.4) is 0 Å². The van der Waals surface area contributed by atoms with Crippen molar-refractivity contribution in [1.29, 1.82) is 0 Å². The van der Waals surface area contributed by atoms with Gasteiger partial charge in [0.25, 0.3) is 0 Å². The van der Waals surface area contributed by atoms with E-state index in [-0.39, 0.29) is 11.3 Å². The predicted octanol–water partition coefficient (Wildman–Crippen LogP) is 2.84. The van der Waals surface area contributed by atoms with Crippen molar-refractivity contribution in [2.45, 2.75) is 46.3 Å². The van der Waals surface area contributed by atoms with Crippen LogP contribution in [-0.2, 0) is 20.0 Å². The largest absolute Gasteiger partial charge is 0.458 e. The normalized spacial score (nSPS) is 12.2. The quantitative estimate of drug-likeness (QED) is 0.592. The SMILES string of the molecule is CC(C)C(N=S(=O)=O)C(=O)OC(C)(C)C.ClCCl. The van der Waals surface area contributed by atoms with Crippen LogP contribution in [-0.4, -0.2) is 31.4 Å². The smallest absolute Gasteiger partial charge is 0.332 e. The van der Waals surface area contributed by atoms with E-state index < -0.39 is 28.1 Å². The van der Waals surface area contributed by atoms with Crippen molar-refractivity contribution in [3.05, 3.63) is 0 Å². The van der Waals surface area contributed by atoms with Gasteiger partial charge < -0.3 is 4.74 Å². The van der Waals surface area contributed by atoms with Crippen LogP contribution in [0.5, 0.6) is 0 Å². The number of ether oxygens (including phenoxy) is 1. The lowest BCUT2D eigenvalue weighted by Gasteiger charge is -2.22. The monoisotopic (exact) mass is 319 g/mol. The van der Waals surface area contributed by atoms with Gasteiger partial charge in [-0.05, 0) is 26.7 Å². The molecule has 5 nitrogen and oxygen atoms in total. The Kier molecular flexibility index (Phi) is 10.6. The molecule has 0 aliphatic rings. The molecule has 0 aliphatic carbocycles. The molecule has 0 bridgehead atoms. The molecular formula is C10H19Cl2NO4S. The predicted molar refractivity (Wildman–Crippen MR) is 72.4 cm³/mol. The lowest BCUT2D eigenvalue weighted by molar-refractivity contribution is -0.157. The fraction of sp³-hybridized carbons (Fsp3) is 0.900. The zero-order valence-electron chi connectivity index (χ0n) is 11.1. The number of hydrogen-bond donors (Lipinski definition) is 0. The maximum Gasteiger partial charge on any atom is 0.332 e. The Bertz CT molecular complexity index is 366. The van der Waals surface area contributed by atoms with Gasteiger partial charge in [0.05, 0.1) is 5.34 Å². The molecule has 1 unspecified atom stereocenters. The van der Waals surface area contributed by atoms with Gasteiger partial charge in [0.2, 0.25) is 0 Å². The third-order valence-corrected chi connectivity index (χ3v) is 1.88. The summed E-state index contributed by atoms with van der Waals surface area (Å²) in [6, 6.07) is -0.956. The van der Waals surface area contributed by atoms with Gasteiger partial charge in [-0.3, -0.25) is 0 Å². The molecule has 0 spiro atoms. The topological polar surface area (TPSA) is 72.8 Å². The van der Waals surface area contributed by atoms with Gasteiger partial charge in [-0.2, -0.15) is 12.8 Å². The molecule has 0 radical (unpaired) electrons. The summed E-state index contributed by atoms with van der Waals surface area (Å²) in [4.78, 5) is 11.5. The van der Waals surface area contributed by atoms with Crippen molar-refractivity contribution in [3.8, 4) is 0 Å². The molecule has 0 saturated heterocycles. The van der Waals surface area contributed by atoms with Crippen molar-refractivity contribution >= 4 is 39.7 Å². The minimum atomic E-state index is -2.59. The van der Waals surface area contributed by atoms with Gasteiger partial charge in [-0.25, -0.2) is 4.79 Å². The number of rotatable bonds is 3. The highest BCUT2D eigenvalue weighted by molar-refractivity contribution is 7.61. The van der Waals surface area contributed by atoms with Crippen LogP contribution < -0.4 is 0 Å². The van der Waals surface area contributed by atoms with Crippen molar-refractivity contribution in [2.75, 3.05) is 5.34 Å². The Balaban J connectivity index is 0. The first-order valence-corrected chi connectivity index (χ1v) is 7.30. The van der Waals surface area contributed by atoms with Gasteiger partial charge in [-0.15, -0.1) is 23.2 Å². The first-order valence-electron chi connectivity index (χ1n) is 5.20. The highest BCUT2D eigenvalue weighted by atomic mass is 35.5. The Morgan fingerprint density at radius 2 is 1.67 bits per heavy atom. The number of esters is 1. The van der Waals surface area contributed by atoms with Crippen molar-refractivity contribution in [2.24, 2.45) is 10.3 Å². The number of nitrogens with zero attached hydrogens (tertiary/aromatic N) is 1. The van der Waals surface area contributed by atoms with Crippen molar-refractivity contribution in [1.82, 2.24) is 0 Å². The summed E-state index contributed by atoms with van der Waals surface area (Å²) >= 11 is 9.53. The standard InChI is InChI=1S/C9H17NO4S.CH2Cl2/c1-6(2)7(10-15(12)13)8(11)14-9(3,4)5;2-1-3/h6-7H,1-5H3;1H2. The fourth-order valence-corrected chi connectivity index (χ4v) is 1.41. The first kappa shape index (κ1) is 20.0. The van der Waals surface area contributed by atoms with Gasteiger partial charge in [0.15, 0.2) is 6.04 Å². The molecule has 0 heterocycles. The average molecular weight is 320 g/mol. The van der Waals surface area contributed by atoms with E-state index in [1.54, 1.807) is 34.6 Å². The second-order valence-corrected chi connectivity index (χ2v) is 6.10. The van der Waals surface area contributed by atoms with Gasteiger partial charge in [-0.1, -0.05) is 13.8 Å². The Morgan fingerprint density at radius 3 is 1.89 bits per heavy atom. The molecule has 0 rings (SSSR count). The maximum absolute atomic E-state index is 11.5. The van der Waals surface area contributed by atoms with Crippen LogP contribution in [0.25, 0.3) is 0 Å². The molecule has 0 aliphatic heterocycles. The van der Waals surface area contributed by atoms with Gasteiger partial charge >= 0.3 is 16.5 Å². The van der Waals surface area contributed by atoms with E-state index in [0.29, 0.717) is 0 Å². The zero-order valence-corrected chi connectivity index (χ0v) is 13.4. The highest BCUT2D eigenvalue weighted by Crippen LogP contribution is 2.14. The summed E-state index contributed by atoms with van der Waals surface area (Å²) in [6.45, 7) is 8.58. The number of halogens is 2. The molecule has 0 N–H and O–H groups in total. The molecule has 0 fully saturated rings. The summed E-state index contributed by atoms with van der Waals surface area (Å²) in [5, 5.41) is 0.194. The molecule has 108 valence electrons. The van der Waals surface area contributed by atoms with E-state index in [1.165, 1.54) is 0 Å². The van der Waals surface area contributed by atoms with Crippen LogP contribution in [0, 0.1) is 5.92 Å². The number of hydrogen-bond acceptors (Lipinski definition) is 5. The van der Waals surface area contributed by atoms with Crippen molar-refractivity contribution < 1.29 is 17.9 Å². The first-order chi connectivity index (χ1) is 8.05. The van der Waals surface area contributed by atoms with E-state index in [1.807, 2.05) is 0 Å². The van der Waals surface area contributed by atoms with Crippen LogP contribution in [0.15, 0.2) is 4.36 Å². The van der Waals surface area contributed by atoms with E-state index in [0.717, 1.165) is 0 Å². The molecule has 0 amide bonds. The second kappa shape index (κ2) is 9.58. The summed E-state index contributed by atoms with van der Waals surface area (Å²) in [5.41, 5.74) is -0.635. The second-order valence-electron chi connectivity index (χ2n) is 4.65.